The van der Waals surface area contributed by atoms with Gasteiger partial charge >= 0.3 is 0 Å². The molecule has 0 spiro atoms. The summed E-state index contributed by atoms with van der Waals surface area (Å²) in [6.07, 6.45) is 3.91. The Balaban J connectivity index is 2.22. The Morgan fingerprint density at radius 2 is 2.29 bits per heavy atom. The van der Waals surface area contributed by atoms with Gasteiger partial charge in [-0.05, 0) is 19.0 Å². The molecule has 0 amide bonds. The summed E-state index contributed by atoms with van der Waals surface area (Å²) in [5.74, 6) is 7.05. The fourth-order valence-electron chi connectivity index (χ4n) is 0.502. The lowest BCUT2D eigenvalue weighted by Crippen LogP contribution is -2.06. The molecular formula is C5H9N2-. The van der Waals surface area contributed by atoms with Gasteiger partial charge in [-0.15, -0.1) is 0 Å². The fraction of sp³-hybridized carbons (Fsp3) is 0.600. The summed E-state index contributed by atoms with van der Waals surface area (Å²) in [6.45, 7) is 3.46. The minimum Gasteiger partial charge on any atom is -0.584 e. The summed E-state index contributed by atoms with van der Waals surface area (Å²) in [6, 6.07) is 0.498. The number of rotatable bonds is 2. The lowest BCUT2D eigenvalue weighted by molar-refractivity contribution is 0.500. The first-order valence-electron chi connectivity index (χ1n) is 2.46. The van der Waals surface area contributed by atoms with Gasteiger partial charge in [-0.3, -0.25) is 0 Å². The second kappa shape index (κ2) is 1.54. The lowest BCUT2D eigenvalue weighted by Gasteiger charge is -2.22. The first kappa shape index (κ1) is 4.65. The van der Waals surface area contributed by atoms with Crippen LogP contribution >= 0.6 is 0 Å². The molecule has 0 unspecified atom stereocenters. The molecule has 0 aromatic heterocycles. The Hall–Kier alpha value is -0.500. The van der Waals surface area contributed by atoms with E-state index in [0.717, 1.165) is 0 Å². The van der Waals surface area contributed by atoms with Crippen molar-refractivity contribution >= 4 is 0 Å². The van der Waals surface area contributed by atoms with Crippen molar-refractivity contribution in [2.75, 3.05) is 0 Å². The Morgan fingerprint density at radius 1 is 1.71 bits per heavy atom. The number of nitrogens with zero attached hydrogens (tertiary/aromatic N) is 1. The zero-order valence-corrected chi connectivity index (χ0v) is 4.22. The maximum Gasteiger partial charge on any atom is 0.0111 e. The molecule has 7 heavy (non-hydrogen) atoms. The topological polar surface area (TPSA) is 27.0 Å². The second-order valence-electron chi connectivity index (χ2n) is 1.82. The van der Waals surface area contributed by atoms with Crippen molar-refractivity contribution in [1.29, 1.82) is 0 Å². The van der Waals surface area contributed by atoms with Crippen LogP contribution in [-0.2, 0) is 0 Å². The molecule has 1 fully saturated rings. The summed E-state index contributed by atoms with van der Waals surface area (Å²) >= 11 is 0. The van der Waals surface area contributed by atoms with Gasteiger partial charge in [0.1, 0.15) is 0 Å². The normalized spacial score (nSPS) is 19.0. The van der Waals surface area contributed by atoms with Gasteiger partial charge in [0.05, 0.1) is 0 Å². The molecule has 0 aromatic rings. The van der Waals surface area contributed by atoms with Crippen molar-refractivity contribution in [3.05, 3.63) is 18.6 Å². The molecule has 40 valence electrons. The first-order valence-corrected chi connectivity index (χ1v) is 2.46. The van der Waals surface area contributed by atoms with Crippen LogP contribution in [0.3, 0.4) is 0 Å². The number of hydrogen-bond donors (Lipinski definition) is 0. The van der Waals surface area contributed by atoms with Crippen molar-refractivity contribution in [1.82, 2.24) is 5.01 Å². The Labute approximate surface area is 43.6 Å². The van der Waals surface area contributed by atoms with Crippen molar-refractivity contribution in [3.63, 3.8) is 0 Å². The van der Waals surface area contributed by atoms with Crippen LogP contribution in [0.15, 0.2) is 12.8 Å². The minimum atomic E-state index is 0.498. The highest BCUT2D eigenvalue weighted by Crippen LogP contribution is 2.26. The molecule has 0 aromatic carbocycles. The van der Waals surface area contributed by atoms with Gasteiger partial charge in [-0.1, -0.05) is 6.58 Å². The third-order valence-electron chi connectivity index (χ3n) is 1.14. The van der Waals surface area contributed by atoms with Crippen LogP contribution < -0.4 is 0 Å². The van der Waals surface area contributed by atoms with Crippen molar-refractivity contribution in [2.45, 2.75) is 18.9 Å². The highest BCUT2D eigenvalue weighted by atomic mass is 15.4. The molecule has 1 aliphatic rings. The van der Waals surface area contributed by atoms with E-state index in [0.29, 0.717) is 6.04 Å². The average Bonchev–Trinajstić information content (AvgIpc) is 2.44. The third kappa shape index (κ3) is 0.933. The van der Waals surface area contributed by atoms with E-state index < -0.39 is 0 Å². The summed E-state index contributed by atoms with van der Waals surface area (Å²) in [7, 11) is 0. The molecule has 1 rings (SSSR count). The van der Waals surface area contributed by atoms with E-state index in [9.17, 15) is 0 Å². The highest BCUT2D eigenvalue weighted by molar-refractivity contribution is 4.89. The molecular weight excluding hydrogens is 88.1 g/mol. The SMILES string of the molecule is C=CN([NH-])C1CC1. The van der Waals surface area contributed by atoms with Crippen LogP contribution in [0.2, 0.25) is 0 Å². The van der Waals surface area contributed by atoms with E-state index in [4.69, 9.17) is 5.84 Å². The van der Waals surface area contributed by atoms with E-state index in [2.05, 4.69) is 6.58 Å². The van der Waals surface area contributed by atoms with E-state index in [1.165, 1.54) is 17.9 Å². The van der Waals surface area contributed by atoms with Gasteiger partial charge in [0.25, 0.3) is 0 Å². The predicted molar refractivity (Wildman–Crippen MR) is 29.4 cm³/mol. The standard InChI is InChI=1S/C5H9N2/c1-2-7(6)5-3-4-5/h2,5-6H,1,3-4H2/q-1. The van der Waals surface area contributed by atoms with Crippen molar-refractivity contribution in [3.8, 4) is 0 Å². The number of hydrogen-bond acceptors (Lipinski definition) is 1. The Morgan fingerprint density at radius 3 is 2.43 bits per heavy atom. The zero-order chi connectivity index (χ0) is 5.28. The van der Waals surface area contributed by atoms with Crippen LogP contribution in [0.4, 0.5) is 0 Å². The largest absolute Gasteiger partial charge is 0.584 e. The van der Waals surface area contributed by atoms with Gasteiger partial charge in [0.15, 0.2) is 0 Å². The van der Waals surface area contributed by atoms with Crippen LogP contribution in [0, 0.1) is 0 Å². The third-order valence-corrected chi connectivity index (χ3v) is 1.14. The fourth-order valence-corrected chi connectivity index (χ4v) is 0.502. The van der Waals surface area contributed by atoms with Gasteiger partial charge in [-0.25, -0.2) is 0 Å². The summed E-state index contributed by atoms with van der Waals surface area (Å²) in [4.78, 5) is 0. The minimum absolute atomic E-state index is 0.498. The van der Waals surface area contributed by atoms with Gasteiger partial charge in [0, 0.05) is 6.04 Å². The predicted octanol–water partition coefficient (Wildman–Crippen LogP) is 1.56. The Bertz CT molecular complexity index is 76.1. The molecule has 1 N–H and O–H groups in total. The molecule has 0 heterocycles. The van der Waals surface area contributed by atoms with Crippen LogP contribution in [-0.4, -0.2) is 11.1 Å². The molecule has 0 bridgehead atoms. The van der Waals surface area contributed by atoms with Crippen LogP contribution in [0.5, 0.6) is 0 Å². The smallest absolute Gasteiger partial charge is 0.0111 e. The molecule has 0 aliphatic heterocycles. The summed E-state index contributed by atoms with van der Waals surface area (Å²) in [5.41, 5.74) is 0. The maximum atomic E-state index is 7.05. The van der Waals surface area contributed by atoms with Crippen LogP contribution in [0.1, 0.15) is 12.8 Å². The molecule has 0 saturated heterocycles. The number of nitrogens with one attached hydrogen (secondary N) is 1. The highest BCUT2D eigenvalue weighted by Gasteiger charge is 2.20. The summed E-state index contributed by atoms with van der Waals surface area (Å²) < 4.78 is 0. The molecule has 1 saturated carbocycles. The zero-order valence-electron chi connectivity index (χ0n) is 4.22. The molecule has 1 aliphatic carbocycles. The molecule has 0 atom stereocenters. The van der Waals surface area contributed by atoms with E-state index >= 15 is 0 Å². The monoisotopic (exact) mass is 97.1 g/mol. The van der Waals surface area contributed by atoms with Gasteiger partial charge in [0.2, 0.25) is 0 Å². The second-order valence-corrected chi connectivity index (χ2v) is 1.82. The Kier molecular flexibility index (Phi) is 1.02. The van der Waals surface area contributed by atoms with E-state index in [1.807, 2.05) is 0 Å². The maximum absolute atomic E-state index is 7.05. The summed E-state index contributed by atoms with van der Waals surface area (Å²) in [5, 5.41) is 1.42. The van der Waals surface area contributed by atoms with Gasteiger partial charge in [-0.2, -0.15) is 0 Å². The quantitative estimate of drug-likeness (QED) is 0.480. The molecule has 0 radical (unpaired) electrons. The van der Waals surface area contributed by atoms with Crippen LogP contribution in [0.25, 0.3) is 5.84 Å². The van der Waals surface area contributed by atoms with E-state index in [-0.39, 0.29) is 0 Å². The molecule has 2 nitrogen and oxygen atoms in total. The van der Waals surface area contributed by atoms with Crippen molar-refractivity contribution in [2.24, 2.45) is 0 Å². The molecule has 2 heteroatoms. The van der Waals surface area contributed by atoms with Crippen molar-refractivity contribution < 1.29 is 0 Å². The van der Waals surface area contributed by atoms with E-state index in [1.54, 1.807) is 6.20 Å². The lowest BCUT2D eigenvalue weighted by atomic mass is 10.7. The van der Waals surface area contributed by atoms with Gasteiger partial charge < -0.3 is 10.9 Å². The first-order chi connectivity index (χ1) is 3.34. The average molecular weight is 97.1 g/mol.